The van der Waals surface area contributed by atoms with Crippen molar-refractivity contribution in [3.63, 3.8) is 0 Å². The van der Waals surface area contributed by atoms with E-state index in [1.54, 1.807) is 19.1 Å². The van der Waals surface area contributed by atoms with Crippen LogP contribution in [0.3, 0.4) is 0 Å². The summed E-state index contributed by atoms with van der Waals surface area (Å²) in [6.45, 7) is 5.92. The molecule has 3 amide bonds. The number of carbonyl (C=O) groups is 3. The summed E-state index contributed by atoms with van der Waals surface area (Å²) >= 11 is 0. The summed E-state index contributed by atoms with van der Waals surface area (Å²) in [6, 6.07) is 3.58. The third-order valence-corrected chi connectivity index (χ3v) is 12.9. The van der Waals surface area contributed by atoms with Gasteiger partial charge in [-0.05, 0) is 80.9 Å². The highest BCUT2D eigenvalue weighted by molar-refractivity contribution is 7.91. The highest BCUT2D eigenvalue weighted by Crippen LogP contribution is 2.47. The Labute approximate surface area is 281 Å². The number of fused-ring (bicyclic) bond motifs is 3. The lowest BCUT2D eigenvalue weighted by Gasteiger charge is -2.28. The number of rotatable bonds is 7. The highest BCUT2D eigenvalue weighted by atomic mass is 32.2. The Morgan fingerprint density at radius 1 is 1.23 bits per heavy atom. The van der Waals surface area contributed by atoms with Gasteiger partial charge in [0.15, 0.2) is 11.6 Å². The van der Waals surface area contributed by atoms with Gasteiger partial charge in [0.25, 0.3) is 5.91 Å². The minimum absolute atomic E-state index is 0.0821. The number of halogens is 1. The van der Waals surface area contributed by atoms with Gasteiger partial charge in [-0.15, -0.1) is 0 Å². The maximum atomic E-state index is 14.7. The number of aromatic nitrogens is 1. The number of hydrogen-bond donors (Lipinski definition) is 2. The van der Waals surface area contributed by atoms with E-state index in [4.69, 9.17) is 9.47 Å². The average molecular weight is 685 g/mol. The number of ether oxygens (including phenoxy) is 2. The lowest BCUT2D eigenvalue weighted by atomic mass is 9.88. The number of benzene rings is 1. The molecule has 2 aliphatic carbocycles. The van der Waals surface area contributed by atoms with Crippen molar-refractivity contribution in [3.05, 3.63) is 42.4 Å². The number of nitrogens with one attached hydrogen (secondary N) is 2. The fourth-order valence-corrected chi connectivity index (χ4v) is 8.43. The maximum absolute atomic E-state index is 14.7. The maximum Gasteiger partial charge on any atom is 0.259 e. The predicted octanol–water partition coefficient (Wildman–Crippen LogP) is 4.40. The molecule has 0 bridgehead atoms. The minimum Gasteiger partial charge on any atom is -0.494 e. The molecule has 0 spiro atoms. The van der Waals surface area contributed by atoms with E-state index in [2.05, 4.69) is 28.9 Å². The van der Waals surface area contributed by atoms with Gasteiger partial charge < -0.3 is 19.7 Å². The molecule has 6 atom stereocenters. The summed E-state index contributed by atoms with van der Waals surface area (Å²) in [5.41, 5.74) is -1.45. The smallest absolute Gasteiger partial charge is 0.259 e. The quantitative estimate of drug-likeness (QED) is 0.409. The zero-order valence-electron chi connectivity index (χ0n) is 28.0. The Morgan fingerprint density at radius 2 is 2.00 bits per heavy atom. The molecule has 1 aromatic carbocycles. The number of pyridine rings is 1. The van der Waals surface area contributed by atoms with E-state index in [1.807, 2.05) is 12.2 Å². The molecule has 2 aliphatic heterocycles. The molecule has 0 unspecified atom stereocenters. The van der Waals surface area contributed by atoms with Gasteiger partial charge in [0.1, 0.15) is 17.7 Å². The van der Waals surface area contributed by atoms with Crippen LogP contribution in [0.25, 0.3) is 10.8 Å². The van der Waals surface area contributed by atoms with Gasteiger partial charge in [-0.25, -0.2) is 17.8 Å². The van der Waals surface area contributed by atoms with E-state index in [0.29, 0.717) is 29.5 Å². The molecule has 2 aromatic rings. The Kier molecular flexibility index (Phi) is 9.20. The van der Waals surface area contributed by atoms with E-state index < -0.39 is 56.0 Å². The first-order valence-electron chi connectivity index (χ1n) is 16.9. The molecule has 2 saturated carbocycles. The van der Waals surface area contributed by atoms with E-state index in [1.165, 1.54) is 24.3 Å². The summed E-state index contributed by atoms with van der Waals surface area (Å²) < 4.78 is 53.4. The second kappa shape index (κ2) is 12.9. The normalized spacial score (nSPS) is 31.0. The van der Waals surface area contributed by atoms with Gasteiger partial charge >= 0.3 is 0 Å². The average Bonchev–Trinajstić information content (AvgIpc) is 3.92. The third-order valence-electron chi connectivity index (χ3n) is 10.7. The molecule has 1 saturated heterocycles. The van der Waals surface area contributed by atoms with Crippen molar-refractivity contribution < 1.29 is 36.7 Å². The number of sulfonamides is 1. The topological polar surface area (TPSA) is 144 Å². The Morgan fingerprint density at radius 3 is 2.71 bits per heavy atom. The van der Waals surface area contributed by atoms with Gasteiger partial charge in [-0.3, -0.25) is 19.1 Å². The fourth-order valence-electron chi connectivity index (χ4n) is 7.11. The summed E-state index contributed by atoms with van der Waals surface area (Å²) in [7, 11) is -2.56. The monoisotopic (exact) mass is 684 g/mol. The molecule has 0 radical (unpaired) electrons. The van der Waals surface area contributed by atoms with Gasteiger partial charge in [0, 0.05) is 30.3 Å². The summed E-state index contributed by atoms with van der Waals surface area (Å²) in [6.07, 6.45) is 9.67. The lowest BCUT2D eigenvalue weighted by molar-refractivity contribution is -0.140. The van der Waals surface area contributed by atoms with Crippen LogP contribution in [0.15, 0.2) is 36.5 Å². The number of nitrogens with zero attached hydrogens (tertiary/aromatic N) is 2. The Hall–Kier alpha value is -3.74. The van der Waals surface area contributed by atoms with E-state index in [0.717, 1.165) is 25.7 Å². The zero-order valence-corrected chi connectivity index (χ0v) is 28.8. The molecular formula is C35H45FN4O7S. The van der Waals surface area contributed by atoms with Crippen LogP contribution in [-0.2, 0) is 24.4 Å². The molecular weight excluding hydrogens is 639 g/mol. The first kappa shape index (κ1) is 34.1. The Bertz CT molecular complexity index is 1750. The van der Waals surface area contributed by atoms with Crippen LogP contribution in [0.5, 0.6) is 11.6 Å². The van der Waals surface area contributed by atoms with Crippen LogP contribution in [0, 0.1) is 23.6 Å². The van der Waals surface area contributed by atoms with Crippen molar-refractivity contribution in [2.45, 2.75) is 101 Å². The number of methoxy groups -OCH3 is 1. The fraction of sp³-hybridized carbons (Fsp3) is 0.600. The molecule has 2 N–H and O–H groups in total. The third kappa shape index (κ3) is 6.62. The van der Waals surface area contributed by atoms with Gasteiger partial charge in [0.05, 0.1) is 18.4 Å². The van der Waals surface area contributed by atoms with Crippen LogP contribution in [-0.4, -0.2) is 72.1 Å². The van der Waals surface area contributed by atoms with E-state index >= 15 is 0 Å². The molecule has 13 heteroatoms. The molecule has 4 aliphatic rings. The molecule has 1 aromatic heterocycles. The molecule has 260 valence electrons. The van der Waals surface area contributed by atoms with Crippen LogP contribution in [0.1, 0.15) is 78.6 Å². The molecule has 6 rings (SSSR count). The highest BCUT2D eigenvalue weighted by Gasteiger charge is 2.63. The predicted molar refractivity (Wildman–Crippen MR) is 177 cm³/mol. The zero-order chi connectivity index (χ0) is 34.4. The van der Waals surface area contributed by atoms with Crippen molar-refractivity contribution in [1.82, 2.24) is 19.9 Å². The molecule has 48 heavy (non-hydrogen) atoms. The number of allylic oxidation sites excluding steroid dienone is 1. The largest absolute Gasteiger partial charge is 0.494 e. The van der Waals surface area contributed by atoms with E-state index in [9.17, 15) is 27.2 Å². The van der Waals surface area contributed by atoms with Gasteiger partial charge in [0.2, 0.25) is 27.7 Å². The first-order chi connectivity index (χ1) is 22.8. The van der Waals surface area contributed by atoms with Crippen LogP contribution < -0.4 is 19.5 Å². The number of amides is 3. The second-order valence-corrected chi connectivity index (χ2v) is 16.5. The minimum atomic E-state index is -3.94. The van der Waals surface area contributed by atoms with Crippen molar-refractivity contribution in [2.75, 3.05) is 13.7 Å². The number of carbonyl (C=O) groups excluding carboxylic acids is 3. The van der Waals surface area contributed by atoms with Gasteiger partial charge in [-0.1, -0.05) is 32.4 Å². The first-order valence-corrected chi connectivity index (χ1v) is 18.4. The van der Waals surface area contributed by atoms with Gasteiger partial charge in [-0.2, -0.15) is 0 Å². The van der Waals surface area contributed by atoms with Crippen LogP contribution in [0.2, 0.25) is 0 Å². The lowest BCUT2D eigenvalue weighted by Crippen LogP contribution is -2.57. The van der Waals surface area contributed by atoms with Crippen molar-refractivity contribution >= 4 is 38.5 Å². The van der Waals surface area contributed by atoms with Crippen LogP contribution in [0.4, 0.5) is 4.39 Å². The molecule has 3 fully saturated rings. The number of hydrogen-bond acceptors (Lipinski definition) is 8. The molecule has 3 heterocycles. The SMILES string of the molecule is CC[C@H]1CC(=O)N2C[C@H](Oc3nccc4cc(OC)c(F)cc34)C[C@H]2C(=O)N[C@]2(C(=O)NS(=O)(=O)C3(C)CC3)C[C@H]2/C=C\CC[C@H](C)C1. The molecule has 11 nitrogen and oxygen atoms in total. The van der Waals surface area contributed by atoms with Crippen molar-refractivity contribution in [2.24, 2.45) is 17.8 Å². The van der Waals surface area contributed by atoms with Crippen molar-refractivity contribution in [1.29, 1.82) is 0 Å². The van der Waals surface area contributed by atoms with E-state index in [-0.39, 0.29) is 49.3 Å². The van der Waals surface area contributed by atoms with Crippen molar-refractivity contribution in [3.8, 4) is 11.6 Å². The summed E-state index contributed by atoms with van der Waals surface area (Å²) in [4.78, 5) is 47.6. The second-order valence-electron chi connectivity index (χ2n) is 14.3. The van der Waals surface area contributed by atoms with Crippen LogP contribution >= 0.6 is 0 Å². The Balaban J connectivity index is 1.29. The summed E-state index contributed by atoms with van der Waals surface area (Å²) in [5, 5.41) is 3.97. The summed E-state index contributed by atoms with van der Waals surface area (Å²) in [5.74, 6) is -1.74. The standard InChI is InChI=1S/C35H45FN4O7S/c1-5-22-14-21(2)8-6-7-9-24-19-35(24,33(43)39-48(44,45)34(3)11-12-34)38-31(42)28-17-25(20-40(28)30(41)15-22)47-32-26-18-27(36)29(46-4)16-23(26)10-13-37-32/h7,9-10,13,16,18,21-22,24-25,28H,5-6,8,11-12,14-15,17,19-20H2,1-4H3,(H,38,42)(H,39,43)/b9-7-/t21-,22+,24+,25+,28-,35+/m0/s1.